The van der Waals surface area contributed by atoms with Crippen molar-refractivity contribution in [2.45, 2.75) is 45.1 Å². The number of urea groups is 1. The number of piperazine rings is 1. The summed E-state index contributed by atoms with van der Waals surface area (Å²) in [6.45, 7) is 2.71. The number of hydrogen-bond acceptors (Lipinski definition) is 9. The van der Waals surface area contributed by atoms with E-state index in [9.17, 15) is 19.2 Å². The molecule has 2 fully saturated rings. The molecule has 0 spiro atoms. The Labute approximate surface area is 301 Å². The van der Waals surface area contributed by atoms with Gasteiger partial charge in [-0.2, -0.15) is 5.01 Å². The average molecular weight is 738 g/mol. The van der Waals surface area contributed by atoms with Gasteiger partial charge in [0.15, 0.2) is 11.7 Å². The number of nitrogens with one attached hydrogen (secondary N) is 2. The van der Waals surface area contributed by atoms with E-state index in [0.29, 0.717) is 39.6 Å². The molecular weight excluding hydrogens is 703 g/mol. The summed E-state index contributed by atoms with van der Waals surface area (Å²) in [6, 6.07) is 15.0. The largest absolute Gasteiger partial charge is 0.482 e. The SMILES string of the molecule is CCCN(C(=O)NCc1ccc(Cl)c(Cl)c1)N1CC(=O)N2[C@@H](Cc3ccc4c(c3)NC(=O)CO4)C(=O)N(Cc3cccc4sc(N)nc34)C[C@@H]21. The van der Waals surface area contributed by atoms with Crippen LogP contribution in [0.3, 0.4) is 0 Å². The quantitative estimate of drug-likeness (QED) is 0.228. The summed E-state index contributed by atoms with van der Waals surface area (Å²) in [5.74, 6) is -0.245. The number of anilines is 2. The maximum absolute atomic E-state index is 14.4. The summed E-state index contributed by atoms with van der Waals surface area (Å²) in [7, 11) is 0. The minimum Gasteiger partial charge on any atom is -0.482 e. The summed E-state index contributed by atoms with van der Waals surface area (Å²) in [4.78, 5) is 62.0. The molecule has 5 amide bonds. The van der Waals surface area contributed by atoms with Crippen LogP contribution in [-0.2, 0) is 33.9 Å². The van der Waals surface area contributed by atoms with Crippen LogP contribution in [0.2, 0.25) is 10.0 Å². The molecule has 0 unspecified atom stereocenters. The van der Waals surface area contributed by atoms with E-state index >= 15 is 0 Å². The van der Waals surface area contributed by atoms with Crippen molar-refractivity contribution in [1.82, 2.24) is 30.1 Å². The normalized spacial score (nSPS) is 18.9. The average Bonchev–Trinajstić information content (AvgIpc) is 3.64. The first kappa shape index (κ1) is 33.8. The molecule has 50 heavy (non-hydrogen) atoms. The number of carbonyl (C=O) groups is 4. The topological polar surface area (TPSA) is 153 Å². The van der Waals surface area contributed by atoms with Gasteiger partial charge in [-0.3, -0.25) is 19.4 Å². The Kier molecular flexibility index (Phi) is 9.44. The Balaban J connectivity index is 1.20. The summed E-state index contributed by atoms with van der Waals surface area (Å²) >= 11 is 13.6. The van der Waals surface area contributed by atoms with Crippen molar-refractivity contribution in [3.05, 3.63) is 81.3 Å². The molecule has 13 nitrogen and oxygen atoms in total. The highest BCUT2D eigenvalue weighted by molar-refractivity contribution is 7.22. The van der Waals surface area contributed by atoms with Crippen LogP contribution in [0.5, 0.6) is 5.75 Å². The third kappa shape index (κ3) is 6.63. The third-order valence-electron chi connectivity index (χ3n) is 8.96. The number of aromatic nitrogens is 1. The van der Waals surface area contributed by atoms with Crippen molar-refractivity contribution in [1.29, 1.82) is 0 Å². The minimum absolute atomic E-state index is 0.0745. The van der Waals surface area contributed by atoms with Crippen LogP contribution in [0.25, 0.3) is 10.2 Å². The Morgan fingerprint density at radius 3 is 2.74 bits per heavy atom. The molecule has 4 N–H and O–H groups in total. The number of para-hydroxylation sites is 1. The van der Waals surface area contributed by atoms with E-state index in [2.05, 4.69) is 15.6 Å². The van der Waals surface area contributed by atoms with Crippen LogP contribution >= 0.6 is 34.5 Å². The van der Waals surface area contributed by atoms with E-state index < -0.39 is 12.2 Å². The van der Waals surface area contributed by atoms with Gasteiger partial charge in [-0.05, 0) is 53.4 Å². The summed E-state index contributed by atoms with van der Waals surface area (Å²) < 4.78 is 6.43. The molecular formula is C34H34Cl2N8O5S. The Bertz CT molecular complexity index is 2010. The fourth-order valence-electron chi connectivity index (χ4n) is 6.70. The number of hydrazine groups is 1. The van der Waals surface area contributed by atoms with Crippen molar-refractivity contribution in [3.63, 3.8) is 0 Å². The number of halogens is 2. The lowest BCUT2D eigenvalue weighted by Crippen LogP contribution is -2.66. The maximum Gasteiger partial charge on any atom is 0.332 e. The van der Waals surface area contributed by atoms with Crippen LogP contribution < -0.4 is 21.1 Å². The first-order valence-corrected chi connectivity index (χ1v) is 17.7. The van der Waals surface area contributed by atoms with Crippen LogP contribution in [0.1, 0.15) is 30.0 Å². The maximum atomic E-state index is 14.4. The van der Waals surface area contributed by atoms with Crippen LogP contribution in [-0.4, -0.2) is 87.0 Å². The second-order valence-electron chi connectivity index (χ2n) is 12.3. The lowest BCUT2D eigenvalue weighted by atomic mass is 9.99. The summed E-state index contributed by atoms with van der Waals surface area (Å²) in [5.41, 5.74) is 9.59. The molecule has 0 saturated carbocycles. The highest BCUT2D eigenvalue weighted by Gasteiger charge is 2.52. The molecule has 0 bridgehead atoms. The Morgan fingerprint density at radius 1 is 1.12 bits per heavy atom. The lowest BCUT2D eigenvalue weighted by molar-refractivity contribution is -0.157. The van der Waals surface area contributed by atoms with Crippen molar-refractivity contribution < 1.29 is 23.9 Å². The lowest BCUT2D eigenvalue weighted by Gasteiger charge is -2.46. The standard InChI is InChI=1S/C34H34Cl2N8O5S/c1-2-10-42(34(48)38-14-20-6-8-22(35)23(36)11-20)43-17-30(46)44-25(13-19-7-9-26-24(12-19)39-28(45)18-49-26)32(47)41(16-29(43)44)15-21-4-3-5-27-31(21)40-33(37)50-27/h3-9,11-12,25,29H,2,10,13-18H2,1H3,(H2,37,40)(H,38,48)(H,39,45)/t25-,29+/m0/s1. The van der Waals surface area contributed by atoms with Crippen molar-refractivity contribution in [2.75, 3.05) is 37.3 Å². The van der Waals surface area contributed by atoms with Gasteiger partial charge < -0.3 is 30.9 Å². The smallest absolute Gasteiger partial charge is 0.332 e. The number of ether oxygens (including phenoxy) is 1. The number of nitrogen functional groups attached to an aromatic ring is 1. The number of thiazole rings is 1. The van der Waals surface area contributed by atoms with Gasteiger partial charge in [-0.1, -0.05) is 65.7 Å². The van der Waals surface area contributed by atoms with E-state index in [-0.39, 0.29) is 63.0 Å². The second kappa shape index (κ2) is 13.9. The predicted octanol–water partition coefficient (Wildman–Crippen LogP) is 4.48. The van der Waals surface area contributed by atoms with Gasteiger partial charge >= 0.3 is 6.03 Å². The highest BCUT2D eigenvalue weighted by atomic mass is 35.5. The zero-order chi connectivity index (χ0) is 35.1. The van der Waals surface area contributed by atoms with E-state index in [1.165, 1.54) is 11.3 Å². The van der Waals surface area contributed by atoms with Crippen molar-refractivity contribution in [2.24, 2.45) is 0 Å². The molecule has 2 atom stereocenters. The zero-order valence-corrected chi connectivity index (χ0v) is 29.4. The van der Waals surface area contributed by atoms with Gasteiger partial charge in [0.25, 0.3) is 5.91 Å². The molecule has 1 aromatic heterocycles. The second-order valence-corrected chi connectivity index (χ2v) is 14.2. The fraction of sp³-hybridized carbons (Fsp3) is 0.324. The molecule has 3 aliphatic rings. The monoisotopic (exact) mass is 736 g/mol. The minimum atomic E-state index is -0.882. The van der Waals surface area contributed by atoms with Crippen LogP contribution in [0, 0.1) is 0 Å². The van der Waals surface area contributed by atoms with Gasteiger partial charge in [0.05, 0.1) is 39.0 Å². The Morgan fingerprint density at radius 2 is 1.94 bits per heavy atom. The number of nitrogens with two attached hydrogens (primary N) is 1. The number of hydrogen-bond donors (Lipinski definition) is 3. The zero-order valence-electron chi connectivity index (χ0n) is 27.0. The molecule has 2 saturated heterocycles. The molecule has 4 heterocycles. The molecule has 3 aliphatic heterocycles. The number of carbonyl (C=O) groups excluding carboxylic acids is 4. The summed E-state index contributed by atoms with van der Waals surface area (Å²) in [5, 5.41) is 10.3. The number of fused-ring (bicyclic) bond motifs is 3. The van der Waals surface area contributed by atoms with Crippen molar-refractivity contribution in [3.8, 4) is 5.75 Å². The first-order valence-electron chi connectivity index (χ1n) is 16.1. The molecule has 16 heteroatoms. The molecule has 3 aromatic carbocycles. The van der Waals surface area contributed by atoms with E-state index in [1.807, 2.05) is 31.2 Å². The molecule has 7 rings (SSSR count). The number of rotatable bonds is 9. The number of nitrogens with zero attached hydrogens (tertiary/aromatic N) is 5. The molecule has 0 aliphatic carbocycles. The predicted molar refractivity (Wildman–Crippen MR) is 191 cm³/mol. The van der Waals surface area contributed by atoms with Gasteiger partial charge in [0.2, 0.25) is 11.8 Å². The number of amides is 5. The van der Waals surface area contributed by atoms with E-state index in [1.54, 1.807) is 50.1 Å². The highest BCUT2D eigenvalue weighted by Crippen LogP contribution is 2.34. The molecule has 260 valence electrons. The Hall–Kier alpha value is -4.63. The van der Waals surface area contributed by atoms with E-state index in [0.717, 1.165) is 26.9 Å². The van der Waals surface area contributed by atoms with Gasteiger partial charge in [0, 0.05) is 26.1 Å². The molecule has 4 aromatic rings. The van der Waals surface area contributed by atoms with Gasteiger partial charge in [-0.25, -0.2) is 9.78 Å². The first-order chi connectivity index (χ1) is 24.1. The van der Waals surface area contributed by atoms with Gasteiger partial charge in [0.1, 0.15) is 18.0 Å². The molecule has 0 radical (unpaired) electrons. The van der Waals surface area contributed by atoms with Crippen LogP contribution in [0.4, 0.5) is 15.6 Å². The van der Waals surface area contributed by atoms with Crippen molar-refractivity contribution >= 4 is 79.3 Å². The van der Waals surface area contributed by atoms with Crippen LogP contribution in [0.15, 0.2) is 54.6 Å². The summed E-state index contributed by atoms with van der Waals surface area (Å²) in [6.07, 6.45) is 0.173. The number of benzene rings is 3. The third-order valence-corrected chi connectivity index (χ3v) is 10.5. The van der Waals surface area contributed by atoms with Gasteiger partial charge in [-0.15, -0.1) is 0 Å². The fourth-order valence-corrected chi connectivity index (χ4v) is 7.81. The van der Waals surface area contributed by atoms with E-state index in [4.69, 9.17) is 33.7 Å².